The minimum Gasteiger partial charge on any atom is -0.399 e. The van der Waals surface area contributed by atoms with Crippen molar-refractivity contribution >= 4 is 18.5 Å². The fourth-order valence-corrected chi connectivity index (χ4v) is 2.02. The highest BCUT2D eigenvalue weighted by Crippen LogP contribution is 2.36. The number of hydrogen-bond donors (Lipinski definition) is 1. The van der Waals surface area contributed by atoms with Gasteiger partial charge in [0.15, 0.2) is 0 Å². The van der Waals surface area contributed by atoms with Crippen molar-refractivity contribution < 1.29 is 14.1 Å². The first-order chi connectivity index (χ1) is 10.2. The molecule has 1 N–H and O–H groups in total. The van der Waals surface area contributed by atoms with Crippen LogP contribution < -0.4 is 10.8 Å². The Bertz CT molecular complexity index is 595. The van der Waals surface area contributed by atoms with Crippen molar-refractivity contribution in [3.63, 3.8) is 0 Å². The van der Waals surface area contributed by atoms with Gasteiger partial charge in [-0.25, -0.2) is 0 Å². The van der Waals surface area contributed by atoms with Crippen LogP contribution in [0.5, 0.6) is 0 Å². The number of nitrogens with one attached hydrogen (secondary N) is 1. The molecule has 1 aromatic carbocycles. The molecule has 0 unspecified atom stereocenters. The third kappa shape index (κ3) is 3.71. The maximum Gasteiger partial charge on any atom is 0.494 e. The number of carbonyl (C=O) groups excluding carboxylic acids is 1. The smallest absolute Gasteiger partial charge is 0.399 e. The molecule has 0 aromatic heterocycles. The predicted octanol–water partition coefficient (Wildman–Crippen LogP) is 1.47. The molecule has 4 nitrogen and oxygen atoms in total. The summed E-state index contributed by atoms with van der Waals surface area (Å²) in [7, 11) is -0.355. The third-order valence-electron chi connectivity index (χ3n) is 4.09. The zero-order valence-electron chi connectivity index (χ0n) is 13.8. The molecule has 1 saturated heterocycles. The summed E-state index contributed by atoms with van der Waals surface area (Å²) in [6.07, 6.45) is 0. The van der Waals surface area contributed by atoms with E-state index in [9.17, 15) is 4.79 Å². The van der Waals surface area contributed by atoms with Crippen molar-refractivity contribution in [2.75, 3.05) is 6.54 Å². The van der Waals surface area contributed by atoms with Gasteiger partial charge in [0, 0.05) is 12.5 Å². The van der Waals surface area contributed by atoms with Crippen molar-refractivity contribution in [3.05, 3.63) is 29.8 Å². The predicted molar refractivity (Wildman–Crippen MR) is 87.7 cm³/mol. The molecule has 0 saturated carbocycles. The highest BCUT2D eigenvalue weighted by atomic mass is 16.7. The second-order valence-corrected chi connectivity index (χ2v) is 6.42. The van der Waals surface area contributed by atoms with Crippen LogP contribution >= 0.6 is 0 Å². The number of benzene rings is 1. The minimum atomic E-state index is -0.355. The molecule has 2 rings (SSSR count). The molecule has 1 fully saturated rings. The lowest BCUT2D eigenvalue weighted by molar-refractivity contribution is -0.118. The van der Waals surface area contributed by atoms with E-state index in [1.165, 1.54) is 6.92 Å². The van der Waals surface area contributed by atoms with Crippen LogP contribution in [0.15, 0.2) is 24.3 Å². The van der Waals surface area contributed by atoms with Gasteiger partial charge in [-0.15, -0.1) is 0 Å². The van der Waals surface area contributed by atoms with Gasteiger partial charge in [0.05, 0.1) is 17.7 Å². The Hall–Kier alpha value is -1.77. The zero-order valence-corrected chi connectivity index (χ0v) is 13.8. The van der Waals surface area contributed by atoms with Gasteiger partial charge in [-0.3, -0.25) is 4.79 Å². The van der Waals surface area contributed by atoms with E-state index in [4.69, 9.17) is 9.31 Å². The summed E-state index contributed by atoms with van der Waals surface area (Å²) in [4.78, 5) is 10.7. The first kappa shape index (κ1) is 16.6. The first-order valence-electron chi connectivity index (χ1n) is 7.40. The van der Waals surface area contributed by atoms with Crippen LogP contribution in [-0.4, -0.2) is 30.8 Å². The number of amides is 1. The molecular formula is C17H22BNO3. The Morgan fingerprint density at radius 1 is 1.14 bits per heavy atom. The van der Waals surface area contributed by atoms with Gasteiger partial charge in [0.25, 0.3) is 0 Å². The highest BCUT2D eigenvalue weighted by Gasteiger charge is 2.51. The van der Waals surface area contributed by atoms with Gasteiger partial charge in [-0.05, 0) is 45.3 Å². The van der Waals surface area contributed by atoms with Crippen LogP contribution in [0.3, 0.4) is 0 Å². The number of carbonyl (C=O) groups is 1. The van der Waals surface area contributed by atoms with E-state index in [1.54, 1.807) is 0 Å². The van der Waals surface area contributed by atoms with Crippen molar-refractivity contribution in [1.29, 1.82) is 0 Å². The number of hydrogen-bond acceptors (Lipinski definition) is 3. The average Bonchev–Trinajstić information content (AvgIpc) is 2.64. The van der Waals surface area contributed by atoms with E-state index < -0.39 is 0 Å². The molecule has 22 heavy (non-hydrogen) atoms. The minimum absolute atomic E-state index is 0.0783. The fraction of sp³-hybridized carbons (Fsp3) is 0.471. The standard InChI is InChI=1S/C17H22BNO3/c1-13(20)19-12-6-7-14-8-10-15(11-9-14)18-21-16(2,3)17(4,5)22-18/h8-11H,12H2,1-5H3,(H,19,20). The van der Waals surface area contributed by atoms with Crippen molar-refractivity contribution in [3.8, 4) is 11.8 Å². The molecule has 0 radical (unpaired) electrons. The maximum atomic E-state index is 10.7. The Kier molecular flexibility index (Phi) is 4.65. The van der Waals surface area contributed by atoms with Gasteiger partial charge in [-0.2, -0.15) is 0 Å². The zero-order chi connectivity index (χ0) is 16.4. The summed E-state index contributed by atoms with van der Waals surface area (Å²) in [6, 6.07) is 7.79. The first-order valence-corrected chi connectivity index (χ1v) is 7.40. The summed E-state index contributed by atoms with van der Waals surface area (Å²) in [6.45, 7) is 9.98. The van der Waals surface area contributed by atoms with Gasteiger partial charge in [0.1, 0.15) is 0 Å². The van der Waals surface area contributed by atoms with Crippen LogP contribution in [0.1, 0.15) is 40.2 Å². The lowest BCUT2D eigenvalue weighted by atomic mass is 9.79. The second-order valence-electron chi connectivity index (χ2n) is 6.42. The molecule has 1 heterocycles. The summed E-state index contributed by atoms with van der Waals surface area (Å²) in [5, 5.41) is 2.64. The van der Waals surface area contributed by atoms with Gasteiger partial charge >= 0.3 is 7.12 Å². The lowest BCUT2D eigenvalue weighted by Crippen LogP contribution is -2.41. The molecule has 1 aliphatic heterocycles. The highest BCUT2D eigenvalue weighted by molar-refractivity contribution is 6.62. The SMILES string of the molecule is CC(=O)NCC#Cc1ccc(B2OC(C)(C)C(C)(C)O2)cc1. The van der Waals surface area contributed by atoms with Gasteiger partial charge < -0.3 is 14.6 Å². The van der Waals surface area contributed by atoms with E-state index in [-0.39, 0.29) is 24.2 Å². The summed E-state index contributed by atoms with van der Waals surface area (Å²) in [5.74, 6) is 5.83. The van der Waals surface area contributed by atoms with Crippen LogP contribution in [-0.2, 0) is 14.1 Å². The quantitative estimate of drug-likeness (QED) is 0.664. The summed E-state index contributed by atoms with van der Waals surface area (Å²) in [5.41, 5.74) is 1.19. The molecular weight excluding hydrogens is 277 g/mol. The molecule has 116 valence electrons. The molecule has 0 bridgehead atoms. The second kappa shape index (κ2) is 6.16. The molecule has 5 heteroatoms. The van der Waals surface area contributed by atoms with E-state index in [2.05, 4.69) is 17.2 Å². The van der Waals surface area contributed by atoms with E-state index in [1.807, 2.05) is 52.0 Å². The lowest BCUT2D eigenvalue weighted by Gasteiger charge is -2.32. The van der Waals surface area contributed by atoms with E-state index >= 15 is 0 Å². The third-order valence-corrected chi connectivity index (χ3v) is 4.09. The van der Waals surface area contributed by atoms with Crippen LogP contribution in [0.25, 0.3) is 0 Å². The van der Waals surface area contributed by atoms with E-state index in [0.29, 0.717) is 6.54 Å². The van der Waals surface area contributed by atoms with Gasteiger partial charge in [0.2, 0.25) is 5.91 Å². The van der Waals surface area contributed by atoms with Crippen LogP contribution in [0.2, 0.25) is 0 Å². The molecule has 0 aliphatic carbocycles. The van der Waals surface area contributed by atoms with Crippen molar-refractivity contribution in [2.24, 2.45) is 0 Å². The monoisotopic (exact) mass is 299 g/mol. The molecule has 0 atom stereocenters. The Balaban J connectivity index is 2.03. The van der Waals surface area contributed by atoms with Crippen LogP contribution in [0.4, 0.5) is 0 Å². The van der Waals surface area contributed by atoms with Crippen molar-refractivity contribution in [2.45, 2.75) is 45.8 Å². The Morgan fingerprint density at radius 2 is 1.68 bits per heavy atom. The van der Waals surface area contributed by atoms with E-state index in [0.717, 1.165) is 11.0 Å². The van der Waals surface area contributed by atoms with Gasteiger partial charge in [-0.1, -0.05) is 24.0 Å². The number of rotatable bonds is 2. The van der Waals surface area contributed by atoms with Crippen molar-refractivity contribution in [1.82, 2.24) is 5.32 Å². The molecule has 1 aliphatic rings. The molecule has 0 spiro atoms. The Labute approximate surface area is 132 Å². The molecule has 1 aromatic rings. The largest absolute Gasteiger partial charge is 0.494 e. The fourth-order valence-electron chi connectivity index (χ4n) is 2.02. The normalized spacial score (nSPS) is 18.5. The summed E-state index contributed by atoms with van der Waals surface area (Å²) < 4.78 is 12.0. The molecule has 1 amide bonds. The average molecular weight is 299 g/mol. The topological polar surface area (TPSA) is 47.6 Å². The maximum absolute atomic E-state index is 10.7. The summed E-state index contributed by atoms with van der Waals surface area (Å²) >= 11 is 0. The van der Waals surface area contributed by atoms with Crippen LogP contribution in [0, 0.1) is 11.8 Å². The Morgan fingerprint density at radius 3 is 2.18 bits per heavy atom.